The molecule has 1 aromatic heterocycles. The lowest BCUT2D eigenvalue weighted by Gasteiger charge is -2.15. The average molecular weight is 284 g/mol. The Morgan fingerprint density at radius 2 is 2.30 bits per heavy atom. The fraction of sp³-hybridized carbons (Fsp3) is 0.538. The summed E-state index contributed by atoms with van der Waals surface area (Å²) in [6, 6.07) is 2.80. The van der Waals surface area contributed by atoms with Crippen molar-refractivity contribution < 1.29 is 23.8 Å². The van der Waals surface area contributed by atoms with Crippen molar-refractivity contribution in [2.75, 3.05) is 26.9 Å². The topological polar surface area (TPSA) is 101 Å². The second kappa shape index (κ2) is 9.11. The number of rotatable bonds is 9. The molecule has 0 aliphatic heterocycles. The summed E-state index contributed by atoms with van der Waals surface area (Å²) in [5, 5.41) is 14.3. The average Bonchev–Trinajstić information content (AvgIpc) is 2.97. The zero-order chi connectivity index (χ0) is 14.8. The number of amides is 2. The molecule has 0 aliphatic carbocycles. The standard InChI is InChI=1S/C13H20N2O5/c1-19-9-10(8-16)15-12(17)5-2-6-14-13(18)11-4-3-7-20-11/h3-4,7,10,16H,2,5-6,8-9H2,1H3,(H,14,18)(H,15,17). The highest BCUT2D eigenvalue weighted by Crippen LogP contribution is 1.99. The largest absolute Gasteiger partial charge is 0.459 e. The Hall–Kier alpha value is -1.86. The molecule has 3 N–H and O–H groups in total. The Morgan fingerprint density at radius 1 is 1.50 bits per heavy atom. The quantitative estimate of drug-likeness (QED) is 0.550. The van der Waals surface area contributed by atoms with Crippen molar-refractivity contribution in [3.8, 4) is 0 Å². The number of carbonyl (C=O) groups excluding carboxylic acids is 2. The van der Waals surface area contributed by atoms with Gasteiger partial charge >= 0.3 is 0 Å². The molecule has 0 spiro atoms. The van der Waals surface area contributed by atoms with E-state index in [2.05, 4.69) is 10.6 Å². The number of hydrogen-bond donors (Lipinski definition) is 3. The lowest BCUT2D eigenvalue weighted by Crippen LogP contribution is -2.40. The summed E-state index contributed by atoms with van der Waals surface area (Å²) in [6.45, 7) is 0.466. The van der Waals surface area contributed by atoms with Crippen LogP contribution in [0.2, 0.25) is 0 Å². The highest BCUT2D eigenvalue weighted by molar-refractivity contribution is 5.91. The van der Waals surface area contributed by atoms with Crippen molar-refractivity contribution >= 4 is 11.8 Å². The summed E-state index contributed by atoms with van der Waals surface area (Å²) in [6.07, 6.45) is 2.19. The van der Waals surface area contributed by atoms with E-state index in [9.17, 15) is 9.59 Å². The Bertz CT molecular complexity index is 405. The third-order valence-electron chi connectivity index (χ3n) is 2.56. The van der Waals surface area contributed by atoms with Crippen LogP contribution in [0.15, 0.2) is 22.8 Å². The van der Waals surface area contributed by atoms with Gasteiger partial charge in [-0.1, -0.05) is 0 Å². The van der Waals surface area contributed by atoms with Gasteiger partial charge in [-0.25, -0.2) is 0 Å². The van der Waals surface area contributed by atoms with Crippen LogP contribution in [0.5, 0.6) is 0 Å². The van der Waals surface area contributed by atoms with E-state index in [1.807, 2.05) is 0 Å². The first-order valence-electron chi connectivity index (χ1n) is 6.38. The molecule has 7 nitrogen and oxygen atoms in total. The van der Waals surface area contributed by atoms with Crippen molar-refractivity contribution in [2.24, 2.45) is 0 Å². The Labute approximate surface area is 117 Å². The van der Waals surface area contributed by atoms with Crippen molar-refractivity contribution in [3.63, 3.8) is 0 Å². The molecule has 7 heteroatoms. The molecule has 0 fully saturated rings. The molecule has 0 saturated carbocycles. The smallest absolute Gasteiger partial charge is 0.286 e. The molecule has 1 heterocycles. The molecular formula is C13H20N2O5. The maximum absolute atomic E-state index is 11.6. The molecule has 20 heavy (non-hydrogen) atoms. The summed E-state index contributed by atoms with van der Waals surface area (Å²) in [7, 11) is 1.50. The molecule has 112 valence electrons. The number of furan rings is 1. The molecule has 0 saturated heterocycles. The summed E-state index contributed by atoms with van der Waals surface area (Å²) in [5.41, 5.74) is 0. The van der Waals surface area contributed by atoms with Crippen LogP contribution in [-0.4, -0.2) is 49.8 Å². The van der Waals surface area contributed by atoms with E-state index in [-0.39, 0.29) is 37.2 Å². The predicted octanol–water partition coefficient (Wildman–Crippen LogP) is -0.0869. The maximum atomic E-state index is 11.6. The van der Waals surface area contributed by atoms with Crippen LogP contribution >= 0.6 is 0 Å². The van der Waals surface area contributed by atoms with Gasteiger partial charge in [0.1, 0.15) is 0 Å². The third-order valence-corrected chi connectivity index (χ3v) is 2.56. The van der Waals surface area contributed by atoms with Crippen LogP contribution in [0, 0.1) is 0 Å². The number of methoxy groups -OCH3 is 1. The number of aliphatic hydroxyl groups excluding tert-OH is 1. The van der Waals surface area contributed by atoms with E-state index >= 15 is 0 Å². The number of aliphatic hydroxyl groups is 1. The van der Waals surface area contributed by atoms with E-state index in [1.54, 1.807) is 12.1 Å². The van der Waals surface area contributed by atoms with Gasteiger partial charge in [-0.3, -0.25) is 9.59 Å². The second-order valence-electron chi connectivity index (χ2n) is 4.24. The van der Waals surface area contributed by atoms with E-state index < -0.39 is 6.04 Å². The minimum absolute atomic E-state index is 0.172. The second-order valence-corrected chi connectivity index (χ2v) is 4.24. The van der Waals surface area contributed by atoms with Gasteiger partial charge in [0.25, 0.3) is 5.91 Å². The lowest BCUT2D eigenvalue weighted by molar-refractivity contribution is -0.122. The Balaban J connectivity index is 2.14. The van der Waals surface area contributed by atoms with Crippen LogP contribution in [-0.2, 0) is 9.53 Å². The molecule has 1 aromatic rings. The number of hydrogen-bond acceptors (Lipinski definition) is 5. The minimum Gasteiger partial charge on any atom is -0.459 e. The summed E-state index contributed by atoms with van der Waals surface area (Å²) < 4.78 is 9.79. The molecule has 0 aliphatic rings. The fourth-order valence-corrected chi connectivity index (χ4v) is 1.59. The zero-order valence-electron chi connectivity index (χ0n) is 11.4. The molecule has 0 aromatic carbocycles. The van der Waals surface area contributed by atoms with E-state index in [0.717, 1.165) is 0 Å². The third kappa shape index (κ3) is 5.85. The molecule has 0 bridgehead atoms. The van der Waals surface area contributed by atoms with Crippen LogP contribution < -0.4 is 10.6 Å². The maximum Gasteiger partial charge on any atom is 0.286 e. The van der Waals surface area contributed by atoms with Gasteiger partial charge in [-0.15, -0.1) is 0 Å². The Morgan fingerprint density at radius 3 is 2.90 bits per heavy atom. The van der Waals surface area contributed by atoms with Crippen molar-refractivity contribution in [3.05, 3.63) is 24.2 Å². The van der Waals surface area contributed by atoms with Crippen LogP contribution in [0.4, 0.5) is 0 Å². The minimum atomic E-state index is -0.398. The number of carbonyl (C=O) groups is 2. The molecule has 1 unspecified atom stereocenters. The van der Waals surface area contributed by atoms with E-state index in [4.69, 9.17) is 14.3 Å². The van der Waals surface area contributed by atoms with Crippen LogP contribution in [0.1, 0.15) is 23.4 Å². The van der Waals surface area contributed by atoms with Crippen LogP contribution in [0.3, 0.4) is 0 Å². The summed E-state index contributed by atoms with van der Waals surface area (Å²) in [4.78, 5) is 23.1. The van der Waals surface area contributed by atoms with Crippen LogP contribution in [0.25, 0.3) is 0 Å². The lowest BCUT2D eigenvalue weighted by atomic mass is 10.2. The zero-order valence-corrected chi connectivity index (χ0v) is 11.4. The van der Waals surface area contributed by atoms with Crippen molar-refractivity contribution in [1.29, 1.82) is 0 Å². The first-order valence-corrected chi connectivity index (χ1v) is 6.38. The number of ether oxygens (including phenoxy) is 1. The molecule has 2 amide bonds. The van der Waals surface area contributed by atoms with Crippen molar-refractivity contribution in [2.45, 2.75) is 18.9 Å². The highest BCUT2D eigenvalue weighted by Gasteiger charge is 2.11. The fourth-order valence-electron chi connectivity index (χ4n) is 1.59. The number of nitrogens with one attached hydrogen (secondary N) is 2. The Kier molecular flexibility index (Phi) is 7.38. The van der Waals surface area contributed by atoms with Gasteiger partial charge in [-0.2, -0.15) is 0 Å². The van der Waals surface area contributed by atoms with Crippen molar-refractivity contribution in [1.82, 2.24) is 10.6 Å². The monoisotopic (exact) mass is 284 g/mol. The first-order chi connectivity index (χ1) is 9.67. The van der Waals surface area contributed by atoms with E-state index in [1.165, 1.54) is 13.4 Å². The van der Waals surface area contributed by atoms with E-state index in [0.29, 0.717) is 13.0 Å². The molecular weight excluding hydrogens is 264 g/mol. The summed E-state index contributed by atoms with van der Waals surface area (Å²) >= 11 is 0. The van der Waals surface area contributed by atoms with Gasteiger partial charge in [0, 0.05) is 20.1 Å². The molecule has 1 atom stereocenters. The van der Waals surface area contributed by atoms with Gasteiger partial charge in [-0.05, 0) is 18.6 Å². The first kappa shape index (κ1) is 16.2. The predicted molar refractivity (Wildman–Crippen MR) is 71.2 cm³/mol. The molecule has 0 radical (unpaired) electrons. The highest BCUT2D eigenvalue weighted by atomic mass is 16.5. The normalized spacial score (nSPS) is 11.9. The molecule has 1 rings (SSSR count). The van der Waals surface area contributed by atoms with Gasteiger partial charge < -0.3 is 24.9 Å². The SMILES string of the molecule is COCC(CO)NC(=O)CCCNC(=O)c1ccco1. The van der Waals surface area contributed by atoms with Gasteiger partial charge in [0.2, 0.25) is 5.91 Å². The summed E-state index contributed by atoms with van der Waals surface area (Å²) in [5.74, 6) is -0.244. The van der Waals surface area contributed by atoms with Gasteiger partial charge in [0.15, 0.2) is 5.76 Å². The van der Waals surface area contributed by atoms with Gasteiger partial charge in [0.05, 0.1) is 25.5 Å².